The third-order valence-electron chi connectivity index (χ3n) is 5.23. The lowest BCUT2D eigenvalue weighted by Crippen LogP contribution is -2.49. The number of nitrogens with one attached hydrogen (secondary N) is 1. The predicted octanol–water partition coefficient (Wildman–Crippen LogP) is 5.14. The molecule has 6 heteroatoms. The van der Waals surface area contributed by atoms with Crippen LogP contribution < -0.4 is 10.1 Å². The van der Waals surface area contributed by atoms with Gasteiger partial charge in [-0.25, -0.2) is 0 Å². The molecule has 0 unspecified atom stereocenters. The van der Waals surface area contributed by atoms with Gasteiger partial charge < -0.3 is 15.0 Å². The lowest BCUT2D eigenvalue weighted by molar-refractivity contribution is -0.141. The lowest BCUT2D eigenvalue weighted by Gasteiger charge is -2.30. The van der Waals surface area contributed by atoms with Crippen molar-refractivity contribution in [1.29, 1.82) is 0 Å². The number of carbonyl (C=O) groups excluding carboxylic acids is 2. The monoisotopic (exact) mass is 444 g/mol. The van der Waals surface area contributed by atoms with E-state index < -0.39 is 6.04 Å². The molecule has 0 fully saturated rings. The molecular formula is C25H33ClN2O3. The zero-order chi connectivity index (χ0) is 22.8. The first kappa shape index (κ1) is 24.7. The number of hydrogen-bond acceptors (Lipinski definition) is 3. The zero-order valence-corrected chi connectivity index (χ0v) is 19.6. The number of benzene rings is 2. The van der Waals surface area contributed by atoms with E-state index in [-0.39, 0.29) is 17.9 Å². The molecule has 0 bridgehead atoms. The Labute approximate surface area is 190 Å². The van der Waals surface area contributed by atoms with E-state index in [1.807, 2.05) is 63.2 Å². The minimum Gasteiger partial charge on any atom is -0.494 e. The van der Waals surface area contributed by atoms with Gasteiger partial charge in [0.15, 0.2) is 0 Å². The molecule has 2 aromatic rings. The van der Waals surface area contributed by atoms with Crippen molar-refractivity contribution in [3.8, 4) is 5.75 Å². The molecule has 5 nitrogen and oxygen atoms in total. The second-order valence-corrected chi connectivity index (χ2v) is 8.35. The molecule has 0 saturated heterocycles. The van der Waals surface area contributed by atoms with Gasteiger partial charge in [0.05, 0.1) is 6.61 Å². The number of halogens is 1. The van der Waals surface area contributed by atoms with E-state index in [0.717, 1.165) is 17.7 Å². The van der Waals surface area contributed by atoms with Gasteiger partial charge in [0.25, 0.3) is 0 Å². The molecule has 2 rings (SSSR count). The van der Waals surface area contributed by atoms with Crippen molar-refractivity contribution >= 4 is 23.4 Å². The first-order valence-electron chi connectivity index (χ1n) is 10.8. The molecule has 0 aromatic heterocycles. The minimum absolute atomic E-state index is 0.0565. The summed E-state index contributed by atoms with van der Waals surface area (Å²) < 4.78 is 5.73. The first-order chi connectivity index (χ1) is 14.8. The van der Waals surface area contributed by atoms with Gasteiger partial charge in [0.2, 0.25) is 11.8 Å². The largest absolute Gasteiger partial charge is 0.494 e. The van der Waals surface area contributed by atoms with Gasteiger partial charge in [0, 0.05) is 24.0 Å². The maximum absolute atomic E-state index is 13.0. The number of amides is 2. The van der Waals surface area contributed by atoms with Gasteiger partial charge >= 0.3 is 0 Å². The van der Waals surface area contributed by atoms with Crippen LogP contribution in [0.4, 0.5) is 0 Å². The third kappa shape index (κ3) is 8.25. The van der Waals surface area contributed by atoms with Crippen LogP contribution in [0.1, 0.15) is 51.2 Å². The number of carbonyl (C=O) groups is 2. The fourth-order valence-corrected chi connectivity index (χ4v) is 3.28. The van der Waals surface area contributed by atoms with Crippen LogP contribution in [0.25, 0.3) is 0 Å². The SMILES string of the molecule is CC[C@@H](C)NC(=O)[C@H](C)N(Cc1cccc(Cl)c1)C(=O)CCCOc1ccc(C)cc1. The summed E-state index contributed by atoms with van der Waals surface area (Å²) in [5, 5.41) is 3.58. The minimum atomic E-state index is -0.585. The number of hydrogen-bond donors (Lipinski definition) is 1. The van der Waals surface area contributed by atoms with E-state index in [9.17, 15) is 9.59 Å². The molecule has 31 heavy (non-hydrogen) atoms. The summed E-state index contributed by atoms with van der Waals surface area (Å²) in [6, 6.07) is 14.7. The topological polar surface area (TPSA) is 58.6 Å². The van der Waals surface area contributed by atoms with Gasteiger partial charge in [-0.05, 0) is 63.4 Å². The molecule has 0 heterocycles. The average Bonchev–Trinajstić information content (AvgIpc) is 2.75. The molecule has 0 aliphatic heterocycles. The fourth-order valence-electron chi connectivity index (χ4n) is 3.07. The standard InChI is InChI=1S/C25H33ClN2O3/c1-5-19(3)27-25(30)20(4)28(17-21-8-6-9-22(26)16-21)24(29)10-7-15-31-23-13-11-18(2)12-14-23/h6,8-9,11-14,16,19-20H,5,7,10,15,17H2,1-4H3,(H,27,30)/t19-,20+/m1/s1. The summed E-state index contributed by atoms with van der Waals surface area (Å²) in [5.41, 5.74) is 2.06. The highest BCUT2D eigenvalue weighted by molar-refractivity contribution is 6.30. The van der Waals surface area contributed by atoms with E-state index in [1.54, 1.807) is 17.9 Å². The molecule has 1 N–H and O–H groups in total. The Morgan fingerprint density at radius 2 is 1.84 bits per heavy atom. The average molecular weight is 445 g/mol. The normalized spacial score (nSPS) is 12.7. The summed E-state index contributed by atoms with van der Waals surface area (Å²) in [6.45, 7) is 8.52. The molecule has 0 aliphatic carbocycles. The van der Waals surface area contributed by atoms with Crippen LogP contribution in [0.2, 0.25) is 5.02 Å². The van der Waals surface area contributed by atoms with Gasteiger partial charge in [-0.15, -0.1) is 0 Å². The molecule has 168 valence electrons. The predicted molar refractivity (Wildman–Crippen MR) is 125 cm³/mol. The van der Waals surface area contributed by atoms with Crippen LogP contribution in [-0.4, -0.2) is 35.4 Å². The number of ether oxygens (including phenoxy) is 1. The van der Waals surface area contributed by atoms with E-state index in [4.69, 9.17) is 16.3 Å². The molecule has 0 spiro atoms. The summed E-state index contributed by atoms with van der Waals surface area (Å²) in [5.74, 6) is 0.551. The molecule has 2 amide bonds. The molecule has 0 saturated carbocycles. The van der Waals surface area contributed by atoms with Crippen LogP contribution in [0.15, 0.2) is 48.5 Å². The van der Waals surface area contributed by atoms with Crippen LogP contribution in [0.3, 0.4) is 0 Å². The maximum atomic E-state index is 13.0. The van der Waals surface area contributed by atoms with Crippen molar-refractivity contribution in [1.82, 2.24) is 10.2 Å². The number of aryl methyl sites for hydroxylation is 1. The lowest BCUT2D eigenvalue weighted by atomic mass is 10.1. The number of rotatable bonds is 11. The quantitative estimate of drug-likeness (QED) is 0.488. The third-order valence-corrected chi connectivity index (χ3v) is 5.47. The van der Waals surface area contributed by atoms with Crippen LogP contribution in [-0.2, 0) is 16.1 Å². The van der Waals surface area contributed by atoms with Crippen LogP contribution in [0, 0.1) is 6.92 Å². The van der Waals surface area contributed by atoms with Crippen molar-refractivity contribution in [2.75, 3.05) is 6.61 Å². The summed E-state index contributed by atoms with van der Waals surface area (Å²) >= 11 is 6.11. The van der Waals surface area contributed by atoms with Gasteiger partial charge in [-0.2, -0.15) is 0 Å². The van der Waals surface area contributed by atoms with Crippen molar-refractivity contribution in [2.45, 2.75) is 65.6 Å². The van der Waals surface area contributed by atoms with E-state index >= 15 is 0 Å². The molecule has 2 atom stereocenters. The van der Waals surface area contributed by atoms with Gasteiger partial charge in [-0.3, -0.25) is 9.59 Å². The van der Waals surface area contributed by atoms with Crippen molar-refractivity contribution < 1.29 is 14.3 Å². The van der Waals surface area contributed by atoms with Crippen molar-refractivity contribution in [3.05, 3.63) is 64.7 Å². The van der Waals surface area contributed by atoms with Gasteiger partial charge in [-0.1, -0.05) is 48.4 Å². The number of nitrogens with zero attached hydrogens (tertiary/aromatic N) is 1. The maximum Gasteiger partial charge on any atom is 0.242 e. The molecule has 0 aliphatic rings. The van der Waals surface area contributed by atoms with Crippen LogP contribution in [0.5, 0.6) is 5.75 Å². The van der Waals surface area contributed by atoms with E-state index in [0.29, 0.717) is 31.0 Å². The highest BCUT2D eigenvalue weighted by Crippen LogP contribution is 2.17. The summed E-state index contributed by atoms with van der Waals surface area (Å²) in [7, 11) is 0. The molecule has 2 aromatic carbocycles. The summed E-state index contributed by atoms with van der Waals surface area (Å²) in [4.78, 5) is 27.4. The van der Waals surface area contributed by atoms with Crippen LogP contribution >= 0.6 is 11.6 Å². The molecule has 0 radical (unpaired) electrons. The Morgan fingerprint density at radius 3 is 2.48 bits per heavy atom. The highest BCUT2D eigenvalue weighted by atomic mass is 35.5. The molecular weight excluding hydrogens is 412 g/mol. The van der Waals surface area contributed by atoms with E-state index in [2.05, 4.69) is 5.32 Å². The van der Waals surface area contributed by atoms with Crippen molar-refractivity contribution in [2.24, 2.45) is 0 Å². The smallest absolute Gasteiger partial charge is 0.242 e. The second kappa shape index (κ2) is 12.4. The highest BCUT2D eigenvalue weighted by Gasteiger charge is 2.26. The zero-order valence-electron chi connectivity index (χ0n) is 18.9. The van der Waals surface area contributed by atoms with Gasteiger partial charge in [0.1, 0.15) is 11.8 Å². The second-order valence-electron chi connectivity index (χ2n) is 7.91. The Balaban J connectivity index is 2.00. The Kier molecular flexibility index (Phi) is 9.86. The first-order valence-corrected chi connectivity index (χ1v) is 11.2. The van der Waals surface area contributed by atoms with E-state index in [1.165, 1.54) is 5.56 Å². The Morgan fingerprint density at radius 1 is 1.13 bits per heavy atom. The van der Waals surface area contributed by atoms with Crippen molar-refractivity contribution in [3.63, 3.8) is 0 Å². The Hall–Kier alpha value is -2.53. The Bertz CT molecular complexity index is 854. The summed E-state index contributed by atoms with van der Waals surface area (Å²) in [6.07, 6.45) is 1.70. The fraction of sp³-hybridized carbons (Fsp3) is 0.440.